The van der Waals surface area contributed by atoms with Crippen LogP contribution >= 0.6 is 0 Å². The summed E-state index contributed by atoms with van der Waals surface area (Å²) in [5, 5.41) is 0. The highest BCUT2D eigenvalue weighted by Gasteiger charge is 2.73. The fourth-order valence-electron chi connectivity index (χ4n) is 5.10. The van der Waals surface area contributed by atoms with Crippen LogP contribution < -0.4 is 0 Å². The van der Waals surface area contributed by atoms with Gasteiger partial charge in [-0.2, -0.15) is 0 Å². The van der Waals surface area contributed by atoms with Crippen LogP contribution in [0.5, 0.6) is 0 Å². The molecule has 1 aliphatic heterocycles. The molecule has 1 saturated carbocycles. The van der Waals surface area contributed by atoms with Gasteiger partial charge in [0.15, 0.2) is 5.78 Å². The van der Waals surface area contributed by atoms with Crippen LogP contribution in [0.3, 0.4) is 0 Å². The molecule has 26 heavy (non-hydrogen) atoms. The monoisotopic (exact) mass is 344 g/mol. The SMILES string of the molecule is C[C@]12C(=O)[C@@H](C(c3ccccc3)=C1c1ccccc1)[C@H]1C(=O)OC(=O)[C@H]12. The molecule has 4 atom stereocenters. The molecule has 0 spiro atoms. The highest BCUT2D eigenvalue weighted by Crippen LogP contribution is 2.67. The van der Waals surface area contributed by atoms with Crippen molar-refractivity contribution in [2.45, 2.75) is 6.92 Å². The Balaban J connectivity index is 1.85. The van der Waals surface area contributed by atoms with Crippen molar-refractivity contribution in [3.63, 3.8) is 0 Å². The Morgan fingerprint density at radius 1 is 0.808 bits per heavy atom. The fraction of sp³-hybridized carbons (Fsp3) is 0.227. The number of ketones is 1. The van der Waals surface area contributed by atoms with Gasteiger partial charge in [-0.15, -0.1) is 0 Å². The van der Waals surface area contributed by atoms with Crippen LogP contribution in [-0.2, 0) is 19.1 Å². The molecule has 1 heterocycles. The molecule has 128 valence electrons. The van der Waals surface area contributed by atoms with Crippen molar-refractivity contribution >= 4 is 28.9 Å². The van der Waals surface area contributed by atoms with Crippen molar-refractivity contribution in [3.8, 4) is 0 Å². The van der Waals surface area contributed by atoms with Crippen molar-refractivity contribution in [1.82, 2.24) is 0 Å². The summed E-state index contributed by atoms with van der Waals surface area (Å²) in [5.41, 5.74) is 2.50. The largest absolute Gasteiger partial charge is 0.393 e. The van der Waals surface area contributed by atoms with Crippen LogP contribution in [0.1, 0.15) is 18.1 Å². The van der Waals surface area contributed by atoms with Gasteiger partial charge in [0.2, 0.25) is 0 Å². The standard InChI is InChI=1S/C22H16O4/c1-22-17(13-10-6-3-7-11-13)14(12-8-4-2-5-9-12)15(19(22)23)16-18(22)21(25)26-20(16)24/h2-11,15-16,18H,1H3/t15-,16+,18-,22-/m0/s1. The molecule has 2 bridgehead atoms. The number of hydrogen-bond acceptors (Lipinski definition) is 4. The second-order valence-corrected chi connectivity index (χ2v) is 7.31. The highest BCUT2D eigenvalue weighted by atomic mass is 16.6. The molecule has 4 nitrogen and oxygen atoms in total. The van der Waals surface area contributed by atoms with Crippen LogP contribution in [0.2, 0.25) is 0 Å². The van der Waals surface area contributed by atoms with Crippen molar-refractivity contribution in [3.05, 3.63) is 71.8 Å². The second kappa shape index (κ2) is 5.01. The van der Waals surface area contributed by atoms with E-state index in [0.29, 0.717) is 0 Å². The lowest BCUT2D eigenvalue weighted by Crippen LogP contribution is -2.34. The van der Waals surface area contributed by atoms with Crippen LogP contribution in [0.4, 0.5) is 0 Å². The van der Waals surface area contributed by atoms with Gasteiger partial charge in [-0.25, -0.2) is 0 Å². The minimum atomic E-state index is -1.04. The van der Waals surface area contributed by atoms with E-state index >= 15 is 0 Å². The zero-order valence-corrected chi connectivity index (χ0v) is 14.1. The van der Waals surface area contributed by atoms with E-state index in [4.69, 9.17) is 4.74 Å². The van der Waals surface area contributed by atoms with E-state index in [0.717, 1.165) is 22.3 Å². The minimum absolute atomic E-state index is 0.0461. The van der Waals surface area contributed by atoms with E-state index in [1.54, 1.807) is 6.92 Å². The Labute approximate surface area is 150 Å². The Morgan fingerprint density at radius 3 is 2.00 bits per heavy atom. The molecule has 5 rings (SSSR count). The number of hydrogen-bond donors (Lipinski definition) is 0. The van der Waals surface area contributed by atoms with Gasteiger partial charge in [0.25, 0.3) is 0 Å². The second-order valence-electron chi connectivity index (χ2n) is 7.31. The molecule has 4 heteroatoms. The molecule has 2 fully saturated rings. The first-order valence-corrected chi connectivity index (χ1v) is 8.70. The summed E-state index contributed by atoms with van der Waals surface area (Å²) in [4.78, 5) is 38.1. The van der Waals surface area contributed by atoms with Crippen LogP contribution in [0.25, 0.3) is 11.1 Å². The summed E-state index contributed by atoms with van der Waals surface area (Å²) in [6.07, 6.45) is 0. The first-order chi connectivity index (χ1) is 12.5. The number of esters is 2. The number of benzene rings is 2. The molecule has 1 saturated heterocycles. The Morgan fingerprint density at radius 2 is 1.38 bits per heavy atom. The van der Waals surface area contributed by atoms with Crippen LogP contribution in [0.15, 0.2) is 60.7 Å². The maximum absolute atomic E-state index is 13.4. The number of Topliss-reactive ketones (excluding diaryl/α,β-unsaturated/α-hetero) is 1. The summed E-state index contributed by atoms with van der Waals surface area (Å²) in [5.74, 6) is -3.24. The lowest BCUT2D eigenvalue weighted by molar-refractivity contribution is -0.156. The normalized spacial score (nSPS) is 32.2. The first kappa shape index (κ1) is 15.3. The number of rotatable bonds is 2. The van der Waals surface area contributed by atoms with Crippen LogP contribution in [-0.4, -0.2) is 17.7 Å². The van der Waals surface area contributed by atoms with Gasteiger partial charge in [-0.3, -0.25) is 14.4 Å². The summed E-state index contributed by atoms with van der Waals surface area (Å²) < 4.78 is 4.93. The van der Waals surface area contributed by atoms with Gasteiger partial charge in [-0.05, 0) is 29.2 Å². The smallest absolute Gasteiger partial charge is 0.318 e. The minimum Gasteiger partial charge on any atom is -0.393 e. The number of fused-ring (bicyclic) bond motifs is 5. The number of carbonyl (C=O) groups is 3. The van der Waals surface area contributed by atoms with Gasteiger partial charge in [0.1, 0.15) is 0 Å². The summed E-state index contributed by atoms with van der Waals surface area (Å²) in [7, 11) is 0. The first-order valence-electron chi connectivity index (χ1n) is 8.70. The molecule has 0 amide bonds. The average Bonchev–Trinajstić information content (AvgIpc) is 3.17. The van der Waals surface area contributed by atoms with E-state index in [2.05, 4.69) is 0 Å². The number of cyclic esters (lactones) is 2. The van der Waals surface area contributed by atoms with Crippen molar-refractivity contribution < 1.29 is 19.1 Å². The molecule has 0 aromatic heterocycles. The average molecular weight is 344 g/mol. The maximum Gasteiger partial charge on any atom is 0.318 e. The predicted octanol–water partition coefficient (Wildman–Crippen LogP) is 3.13. The van der Waals surface area contributed by atoms with E-state index in [-0.39, 0.29) is 5.78 Å². The van der Waals surface area contributed by atoms with Crippen LogP contribution in [0, 0.1) is 23.2 Å². The summed E-state index contributed by atoms with van der Waals surface area (Å²) >= 11 is 0. The van der Waals surface area contributed by atoms with E-state index < -0.39 is 35.1 Å². The fourth-order valence-corrected chi connectivity index (χ4v) is 5.10. The molecular formula is C22H16O4. The molecule has 0 radical (unpaired) electrons. The number of ether oxygens (including phenoxy) is 1. The van der Waals surface area contributed by atoms with Gasteiger partial charge < -0.3 is 4.74 Å². The quantitative estimate of drug-likeness (QED) is 0.620. The van der Waals surface area contributed by atoms with Crippen molar-refractivity contribution in [1.29, 1.82) is 0 Å². The third-order valence-corrected chi connectivity index (χ3v) is 6.11. The predicted molar refractivity (Wildman–Crippen MR) is 94.4 cm³/mol. The number of carbonyl (C=O) groups excluding carboxylic acids is 3. The zero-order valence-electron chi connectivity index (χ0n) is 14.1. The lowest BCUT2D eigenvalue weighted by atomic mass is 9.66. The molecule has 2 aromatic rings. The molecule has 0 unspecified atom stereocenters. The van der Waals surface area contributed by atoms with Gasteiger partial charge >= 0.3 is 11.9 Å². The van der Waals surface area contributed by atoms with Crippen molar-refractivity contribution in [2.24, 2.45) is 23.2 Å². The maximum atomic E-state index is 13.4. The summed E-state index contributed by atoms with van der Waals surface area (Å²) in [6, 6.07) is 19.3. The highest BCUT2D eigenvalue weighted by molar-refractivity contribution is 6.25. The van der Waals surface area contributed by atoms with Gasteiger partial charge in [0, 0.05) is 0 Å². The van der Waals surface area contributed by atoms with E-state index in [1.165, 1.54) is 0 Å². The summed E-state index contributed by atoms with van der Waals surface area (Å²) in [6.45, 7) is 1.80. The third-order valence-electron chi connectivity index (χ3n) is 6.11. The van der Waals surface area contributed by atoms with E-state index in [9.17, 15) is 14.4 Å². The van der Waals surface area contributed by atoms with E-state index in [1.807, 2.05) is 60.7 Å². The third kappa shape index (κ3) is 1.66. The Kier molecular flexibility index (Phi) is 2.94. The Hall–Kier alpha value is -3.01. The molecule has 2 aliphatic carbocycles. The molecule has 2 aromatic carbocycles. The number of allylic oxidation sites excluding steroid dienone is 2. The molecule has 0 N–H and O–H groups in total. The topological polar surface area (TPSA) is 60.4 Å². The van der Waals surface area contributed by atoms with Gasteiger partial charge in [0.05, 0.1) is 23.2 Å². The molecular weight excluding hydrogens is 328 g/mol. The van der Waals surface area contributed by atoms with Gasteiger partial charge in [-0.1, -0.05) is 60.7 Å². The molecule has 3 aliphatic rings. The van der Waals surface area contributed by atoms with Crippen molar-refractivity contribution in [2.75, 3.05) is 0 Å². The zero-order chi connectivity index (χ0) is 18.1. The Bertz CT molecular complexity index is 989. The lowest BCUT2D eigenvalue weighted by Gasteiger charge is -2.32.